The third kappa shape index (κ3) is 8.88. The van der Waals surface area contributed by atoms with Gasteiger partial charge in [-0.05, 0) is 44.3 Å². The lowest BCUT2D eigenvalue weighted by Gasteiger charge is -2.16. The molecule has 0 radical (unpaired) electrons. The third-order valence-electron chi connectivity index (χ3n) is 3.49. The number of amides is 3. The van der Waals surface area contributed by atoms with Crippen molar-refractivity contribution in [1.82, 2.24) is 15.5 Å². The van der Waals surface area contributed by atoms with Gasteiger partial charge in [-0.2, -0.15) is 0 Å². The van der Waals surface area contributed by atoms with Gasteiger partial charge in [-0.25, -0.2) is 4.79 Å². The van der Waals surface area contributed by atoms with Crippen LogP contribution in [0.5, 0.6) is 0 Å². The molecule has 0 spiro atoms. The monoisotopic (exact) mass is 348 g/mol. The van der Waals surface area contributed by atoms with E-state index >= 15 is 0 Å². The van der Waals surface area contributed by atoms with Crippen molar-refractivity contribution in [3.8, 4) is 0 Å². The van der Waals surface area contributed by atoms with Gasteiger partial charge in [0.15, 0.2) is 0 Å². The number of hydrogen-bond donors (Lipinski definition) is 3. The Morgan fingerprint density at radius 1 is 1.20 bits per heavy atom. The number of methoxy groups -OCH3 is 1. The van der Waals surface area contributed by atoms with Crippen molar-refractivity contribution >= 4 is 17.6 Å². The fourth-order valence-corrected chi connectivity index (χ4v) is 2.06. The summed E-state index contributed by atoms with van der Waals surface area (Å²) in [6.45, 7) is 7.01. The molecular weight excluding hydrogens is 320 g/mol. The molecule has 0 bridgehead atoms. The summed E-state index contributed by atoms with van der Waals surface area (Å²) < 4.78 is 5.02. The lowest BCUT2D eigenvalue weighted by atomic mass is 10.2. The van der Waals surface area contributed by atoms with Crippen LogP contribution >= 0.6 is 0 Å². The summed E-state index contributed by atoms with van der Waals surface area (Å²) >= 11 is 0. The standard InChI is InChI=1S/C18H28N4O3/c1-4-10-19-17(23)15-6-8-16(9-7-15)21-18(24)20-11-5-12-22(2)13-14-25-3/h4,6-9H,1,5,10-14H2,2-3H3,(H,19,23)(H2,20,21,24). The Kier molecular flexibility index (Phi) is 9.96. The number of rotatable bonds is 11. The number of anilines is 1. The molecule has 7 heteroatoms. The van der Waals surface area contributed by atoms with Crippen LogP contribution in [0.4, 0.5) is 10.5 Å². The molecule has 3 N–H and O–H groups in total. The quantitative estimate of drug-likeness (QED) is 0.420. The van der Waals surface area contributed by atoms with Gasteiger partial charge in [0.2, 0.25) is 0 Å². The first-order chi connectivity index (χ1) is 12.1. The second-order valence-electron chi connectivity index (χ2n) is 5.61. The Balaban J connectivity index is 2.28. The second-order valence-corrected chi connectivity index (χ2v) is 5.61. The summed E-state index contributed by atoms with van der Waals surface area (Å²) in [6.07, 6.45) is 2.48. The predicted molar refractivity (Wildman–Crippen MR) is 100.0 cm³/mol. The van der Waals surface area contributed by atoms with E-state index in [4.69, 9.17) is 4.74 Å². The lowest BCUT2D eigenvalue weighted by molar-refractivity contribution is 0.0958. The van der Waals surface area contributed by atoms with Gasteiger partial charge in [0.05, 0.1) is 6.61 Å². The van der Waals surface area contributed by atoms with Crippen molar-refractivity contribution < 1.29 is 14.3 Å². The van der Waals surface area contributed by atoms with E-state index in [2.05, 4.69) is 27.4 Å². The molecule has 0 unspecified atom stereocenters. The van der Waals surface area contributed by atoms with Crippen molar-refractivity contribution in [3.63, 3.8) is 0 Å². The van der Waals surface area contributed by atoms with E-state index in [1.54, 1.807) is 37.5 Å². The Morgan fingerprint density at radius 2 is 1.92 bits per heavy atom. The molecule has 25 heavy (non-hydrogen) atoms. The summed E-state index contributed by atoms with van der Waals surface area (Å²) in [5, 5.41) is 8.25. The molecule has 0 atom stereocenters. The smallest absolute Gasteiger partial charge is 0.319 e. The van der Waals surface area contributed by atoms with Crippen LogP contribution < -0.4 is 16.0 Å². The number of nitrogens with zero attached hydrogens (tertiary/aromatic N) is 1. The highest BCUT2D eigenvalue weighted by Gasteiger charge is 2.05. The Labute approximate surface area is 149 Å². The average molecular weight is 348 g/mol. The maximum atomic E-state index is 11.8. The van der Waals surface area contributed by atoms with E-state index in [1.807, 2.05) is 7.05 Å². The zero-order valence-electron chi connectivity index (χ0n) is 15.0. The van der Waals surface area contributed by atoms with E-state index in [1.165, 1.54) is 0 Å². The van der Waals surface area contributed by atoms with Crippen molar-refractivity contribution in [2.75, 3.05) is 52.3 Å². The largest absolute Gasteiger partial charge is 0.383 e. The van der Waals surface area contributed by atoms with E-state index in [9.17, 15) is 9.59 Å². The maximum absolute atomic E-state index is 11.8. The first kappa shape index (κ1) is 20.7. The fraction of sp³-hybridized carbons (Fsp3) is 0.444. The van der Waals surface area contributed by atoms with Crippen LogP contribution in [0.2, 0.25) is 0 Å². The summed E-state index contributed by atoms with van der Waals surface area (Å²) in [6, 6.07) is 6.46. The number of hydrogen-bond acceptors (Lipinski definition) is 4. The average Bonchev–Trinajstić information content (AvgIpc) is 2.62. The minimum absolute atomic E-state index is 0.173. The Hall–Kier alpha value is -2.38. The fourth-order valence-electron chi connectivity index (χ4n) is 2.06. The highest BCUT2D eigenvalue weighted by atomic mass is 16.5. The molecule has 0 saturated carbocycles. The summed E-state index contributed by atoms with van der Waals surface area (Å²) in [5.41, 5.74) is 1.17. The summed E-state index contributed by atoms with van der Waals surface area (Å²) in [7, 11) is 3.70. The second kappa shape index (κ2) is 12.0. The van der Waals surface area contributed by atoms with Gasteiger partial charge in [-0.15, -0.1) is 6.58 Å². The highest BCUT2D eigenvalue weighted by molar-refractivity contribution is 5.95. The normalized spacial score (nSPS) is 10.4. The molecule has 7 nitrogen and oxygen atoms in total. The van der Waals surface area contributed by atoms with Crippen molar-refractivity contribution in [2.24, 2.45) is 0 Å². The molecule has 0 heterocycles. The minimum Gasteiger partial charge on any atom is -0.383 e. The van der Waals surface area contributed by atoms with Crippen LogP contribution in [0.25, 0.3) is 0 Å². The first-order valence-corrected chi connectivity index (χ1v) is 8.28. The van der Waals surface area contributed by atoms with Crippen LogP contribution in [-0.2, 0) is 4.74 Å². The van der Waals surface area contributed by atoms with E-state index in [0.29, 0.717) is 30.9 Å². The molecule has 138 valence electrons. The minimum atomic E-state index is -0.261. The molecular formula is C18H28N4O3. The predicted octanol–water partition coefficient (Wildman–Crippen LogP) is 1.69. The number of ether oxygens (including phenoxy) is 1. The number of benzene rings is 1. The number of carbonyl (C=O) groups excluding carboxylic acids is 2. The number of carbonyl (C=O) groups is 2. The zero-order valence-corrected chi connectivity index (χ0v) is 15.0. The zero-order chi connectivity index (χ0) is 18.5. The SMILES string of the molecule is C=CCNC(=O)c1ccc(NC(=O)NCCCN(C)CCOC)cc1. The van der Waals surface area contributed by atoms with Crippen LogP contribution in [0.1, 0.15) is 16.8 Å². The van der Waals surface area contributed by atoms with Crippen molar-refractivity contribution in [2.45, 2.75) is 6.42 Å². The Morgan fingerprint density at radius 3 is 2.56 bits per heavy atom. The first-order valence-electron chi connectivity index (χ1n) is 8.28. The van der Waals surface area contributed by atoms with Gasteiger partial charge in [0, 0.05) is 38.0 Å². The van der Waals surface area contributed by atoms with Crippen molar-refractivity contribution in [3.05, 3.63) is 42.5 Å². The number of nitrogens with one attached hydrogen (secondary N) is 3. The Bertz CT molecular complexity index is 546. The van der Waals surface area contributed by atoms with Crippen LogP contribution in [-0.4, -0.2) is 63.8 Å². The molecule has 0 aliphatic carbocycles. The van der Waals surface area contributed by atoms with Crippen molar-refractivity contribution in [1.29, 1.82) is 0 Å². The van der Waals surface area contributed by atoms with Gasteiger partial charge in [0.1, 0.15) is 0 Å². The third-order valence-corrected chi connectivity index (χ3v) is 3.49. The molecule has 3 amide bonds. The molecule has 0 aromatic heterocycles. The summed E-state index contributed by atoms with van der Waals surface area (Å²) in [4.78, 5) is 25.8. The van der Waals surface area contributed by atoms with Gasteiger partial charge < -0.3 is 25.6 Å². The van der Waals surface area contributed by atoms with E-state index < -0.39 is 0 Å². The summed E-state index contributed by atoms with van der Waals surface area (Å²) in [5.74, 6) is -0.173. The maximum Gasteiger partial charge on any atom is 0.319 e. The van der Waals surface area contributed by atoms with Crippen LogP contribution in [0.15, 0.2) is 36.9 Å². The van der Waals surface area contributed by atoms with Gasteiger partial charge in [-0.3, -0.25) is 4.79 Å². The highest BCUT2D eigenvalue weighted by Crippen LogP contribution is 2.09. The molecule has 0 aliphatic rings. The van der Waals surface area contributed by atoms with Gasteiger partial charge in [-0.1, -0.05) is 6.08 Å². The topological polar surface area (TPSA) is 82.7 Å². The lowest BCUT2D eigenvalue weighted by Crippen LogP contribution is -2.32. The van der Waals surface area contributed by atoms with Gasteiger partial charge >= 0.3 is 6.03 Å². The molecule has 1 aromatic carbocycles. The number of urea groups is 1. The molecule has 0 saturated heterocycles. The van der Waals surface area contributed by atoms with Crippen LogP contribution in [0, 0.1) is 0 Å². The molecule has 1 rings (SSSR count). The van der Waals surface area contributed by atoms with Gasteiger partial charge in [0.25, 0.3) is 5.91 Å². The van der Waals surface area contributed by atoms with Crippen LogP contribution in [0.3, 0.4) is 0 Å². The molecule has 0 aliphatic heterocycles. The molecule has 0 fully saturated rings. The van der Waals surface area contributed by atoms with E-state index in [-0.39, 0.29) is 11.9 Å². The number of likely N-dealkylation sites (N-methyl/N-ethyl adjacent to an activating group) is 1. The van der Waals surface area contributed by atoms with E-state index in [0.717, 1.165) is 19.5 Å². The molecule has 1 aromatic rings.